The number of halogens is 1. The Morgan fingerprint density at radius 3 is 2.61 bits per heavy atom. The van der Waals surface area contributed by atoms with Gasteiger partial charge < -0.3 is 14.7 Å². The van der Waals surface area contributed by atoms with Gasteiger partial charge in [-0.1, -0.05) is 11.6 Å². The Hall–Kier alpha value is -1.94. The minimum atomic E-state index is 0.223. The molecule has 1 N–H and O–H groups in total. The van der Waals surface area contributed by atoms with Crippen LogP contribution in [-0.4, -0.2) is 29.8 Å². The Kier molecular flexibility index (Phi) is 5.23. The highest BCUT2D eigenvalue weighted by Crippen LogP contribution is 2.26. The third-order valence-electron chi connectivity index (χ3n) is 4.30. The van der Waals surface area contributed by atoms with Crippen molar-refractivity contribution in [3.8, 4) is 11.5 Å². The van der Waals surface area contributed by atoms with E-state index in [9.17, 15) is 5.11 Å². The Labute approximate surface area is 141 Å². The van der Waals surface area contributed by atoms with Crippen LogP contribution in [0, 0.1) is 5.92 Å². The van der Waals surface area contributed by atoms with E-state index in [0.717, 1.165) is 55.4 Å². The number of hydrogen-bond donors (Lipinski definition) is 1. The molecular formula is C18H21ClN2O2. The normalized spacial score (nSPS) is 15.6. The Bertz CT molecular complexity index is 625. The van der Waals surface area contributed by atoms with E-state index in [-0.39, 0.29) is 5.75 Å². The summed E-state index contributed by atoms with van der Waals surface area (Å²) in [4.78, 5) is 6.33. The fourth-order valence-electron chi connectivity index (χ4n) is 2.94. The zero-order valence-electron chi connectivity index (χ0n) is 13.0. The van der Waals surface area contributed by atoms with Crippen molar-refractivity contribution in [3.63, 3.8) is 0 Å². The van der Waals surface area contributed by atoms with Gasteiger partial charge in [0, 0.05) is 24.2 Å². The molecule has 1 aromatic heterocycles. The third-order valence-corrected chi connectivity index (χ3v) is 4.55. The van der Waals surface area contributed by atoms with Gasteiger partial charge in [-0.25, -0.2) is 0 Å². The summed E-state index contributed by atoms with van der Waals surface area (Å²) in [6.07, 6.45) is 6.61. The molecule has 0 aliphatic carbocycles. The fourth-order valence-corrected chi connectivity index (χ4v) is 3.07. The maximum Gasteiger partial charge on any atom is 0.135 e. The van der Waals surface area contributed by atoms with E-state index in [1.54, 1.807) is 6.07 Å². The molecule has 2 heterocycles. The minimum absolute atomic E-state index is 0.223. The Morgan fingerprint density at radius 1 is 1.17 bits per heavy atom. The van der Waals surface area contributed by atoms with Crippen LogP contribution >= 0.6 is 11.6 Å². The standard InChI is InChI=1S/C18H21ClN2O2/c19-15-1-3-18(4-2-15)23-10-7-14-5-8-21(9-6-14)16-11-17(22)13-20-12-16/h1-4,11-14,22H,5-10H2. The number of pyridine rings is 1. The second-order valence-electron chi connectivity index (χ2n) is 5.92. The quantitative estimate of drug-likeness (QED) is 0.894. The lowest BCUT2D eigenvalue weighted by atomic mass is 9.94. The van der Waals surface area contributed by atoms with Crippen molar-refractivity contribution >= 4 is 17.3 Å². The number of hydrogen-bond acceptors (Lipinski definition) is 4. The summed E-state index contributed by atoms with van der Waals surface area (Å²) >= 11 is 5.86. The maximum absolute atomic E-state index is 9.52. The zero-order valence-corrected chi connectivity index (χ0v) is 13.7. The topological polar surface area (TPSA) is 45.6 Å². The van der Waals surface area contributed by atoms with Gasteiger partial charge in [0.1, 0.15) is 11.5 Å². The molecule has 1 aliphatic rings. The molecule has 1 fully saturated rings. The lowest BCUT2D eigenvalue weighted by Gasteiger charge is -2.33. The van der Waals surface area contributed by atoms with Gasteiger partial charge in [-0.2, -0.15) is 0 Å². The molecule has 4 nitrogen and oxygen atoms in total. The van der Waals surface area contributed by atoms with Crippen LogP contribution in [0.15, 0.2) is 42.7 Å². The molecule has 122 valence electrons. The molecule has 1 aromatic carbocycles. The van der Waals surface area contributed by atoms with E-state index in [0.29, 0.717) is 5.92 Å². The predicted molar refractivity (Wildman–Crippen MR) is 92.4 cm³/mol. The summed E-state index contributed by atoms with van der Waals surface area (Å²) in [5.74, 6) is 1.78. The molecular weight excluding hydrogens is 312 g/mol. The third kappa shape index (κ3) is 4.52. The second-order valence-corrected chi connectivity index (χ2v) is 6.36. The number of piperidine rings is 1. The van der Waals surface area contributed by atoms with Crippen LogP contribution in [0.25, 0.3) is 0 Å². The highest BCUT2D eigenvalue weighted by Gasteiger charge is 2.19. The van der Waals surface area contributed by atoms with Crippen molar-refractivity contribution in [1.29, 1.82) is 0 Å². The molecule has 5 heteroatoms. The van der Waals surface area contributed by atoms with Crippen molar-refractivity contribution < 1.29 is 9.84 Å². The molecule has 3 rings (SSSR count). The van der Waals surface area contributed by atoms with Crippen LogP contribution < -0.4 is 9.64 Å². The fraction of sp³-hybridized carbons (Fsp3) is 0.389. The second kappa shape index (κ2) is 7.55. The molecule has 1 saturated heterocycles. The van der Waals surface area contributed by atoms with Crippen LogP contribution in [0.3, 0.4) is 0 Å². The molecule has 0 radical (unpaired) electrons. The molecule has 0 bridgehead atoms. The summed E-state index contributed by atoms with van der Waals surface area (Å²) < 4.78 is 5.78. The number of anilines is 1. The zero-order chi connectivity index (χ0) is 16.1. The van der Waals surface area contributed by atoms with Crippen LogP contribution in [0.5, 0.6) is 11.5 Å². The molecule has 0 atom stereocenters. The molecule has 0 saturated carbocycles. The molecule has 1 aliphatic heterocycles. The average molecular weight is 333 g/mol. The number of aromatic nitrogens is 1. The van der Waals surface area contributed by atoms with E-state index in [2.05, 4.69) is 9.88 Å². The number of nitrogens with zero attached hydrogens (tertiary/aromatic N) is 2. The van der Waals surface area contributed by atoms with Crippen LogP contribution in [0.4, 0.5) is 5.69 Å². The number of benzene rings is 1. The molecule has 23 heavy (non-hydrogen) atoms. The lowest BCUT2D eigenvalue weighted by Crippen LogP contribution is -2.34. The van der Waals surface area contributed by atoms with Gasteiger partial charge in [0.15, 0.2) is 0 Å². The van der Waals surface area contributed by atoms with Gasteiger partial charge in [-0.15, -0.1) is 0 Å². The number of ether oxygens (including phenoxy) is 1. The van der Waals surface area contributed by atoms with E-state index < -0.39 is 0 Å². The highest BCUT2D eigenvalue weighted by molar-refractivity contribution is 6.30. The number of aromatic hydroxyl groups is 1. The van der Waals surface area contributed by atoms with Crippen LogP contribution in [0.2, 0.25) is 5.02 Å². The van der Waals surface area contributed by atoms with Crippen molar-refractivity contribution in [2.75, 3.05) is 24.6 Å². The van der Waals surface area contributed by atoms with Crippen molar-refractivity contribution in [1.82, 2.24) is 4.98 Å². The summed E-state index contributed by atoms with van der Waals surface area (Å²) in [7, 11) is 0. The molecule has 0 spiro atoms. The maximum atomic E-state index is 9.52. The molecule has 2 aromatic rings. The van der Waals surface area contributed by atoms with Gasteiger partial charge in [0.2, 0.25) is 0 Å². The van der Waals surface area contributed by atoms with E-state index >= 15 is 0 Å². The van der Waals surface area contributed by atoms with Gasteiger partial charge in [-0.3, -0.25) is 4.98 Å². The monoisotopic (exact) mass is 332 g/mol. The smallest absolute Gasteiger partial charge is 0.135 e. The Balaban J connectivity index is 1.41. The highest BCUT2D eigenvalue weighted by atomic mass is 35.5. The van der Waals surface area contributed by atoms with Gasteiger partial charge >= 0.3 is 0 Å². The first-order valence-electron chi connectivity index (χ1n) is 7.98. The summed E-state index contributed by atoms with van der Waals surface area (Å²) in [6, 6.07) is 9.27. The first-order valence-corrected chi connectivity index (χ1v) is 8.36. The van der Waals surface area contributed by atoms with Gasteiger partial charge in [0.05, 0.1) is 24.7 Å². The van der Waals surface area contributed by atoms with Crippen molar-refractivity contribution in [2.45, 2.75) is 19.3 Å². The first-order chi connectivity index (χ1) is 11.2. The SMILES string of the molecule is Oc1cncc(N2CCC(CCOc3ccc(Cl)cc3)CC2)c1. The van der Waals surface area contributed by atoms with Gasteiger partial charge in [-0.05, 0) is 49.4 Å². The molecule has 0 amide bonds. The first kappa shape index (κ1) is 15.9. The van der Waals surface area contributed by atoms with Crippen LogP contribution in [-0.2, 0) is 0 Å². The van der Waals surface area contributed by atoms with E-state index in [4.69, 9.17) is 16.3 Å². The van der Waals surface area contributed by atoms with E-state index in [1.165, 1.54) is 6.20 Å². The van der Waals surface area contributed by atoms with E-state index in [1.807, 2.05) is 30.5 Å². The molecule has 0 unspecified atom stereocenters. The average Bonchev–Trinajstić information content (AvgIpc) is 2.57. The number of rotatable bonds is 5. The lowest BCUT2D eigenvalue weighted by molar-refractivity contribution is 0.258. The summed E-state index contributed by atoms with van der Waals surface area (Å²) in [5.41, 5.74) is 1.00. The van der Waals surface area contributed by atoms with Crippen LogP contribution in [0.1, 0.15) is 19.3 Å². The summed E-state index contributed by atoms with van der Waals surface area (Å²) in [5, 5.41) is 10.3. The minimum Gasteiger partial charge on any atom is -0.506 e. The predicted octanol–water partition coefficient (Wildman–Crippen LogP) is 4.13. The Morgan fingerprint density at radius 2 is 1.91 bits per heavy atom. The van der Waals surface area contributed by atoms with Gasteiger partial charge in [0.25, 0.3) is 0 Å². The largest absolute Gasteiger partial charge is 0.506 e. The summed E-state index contributed by atoms with van der Waals surface area (Å²) in [6.45, 7) is 2.73. The van der Waals surface area contributed by atoms with Crippen molar-refractivity contribution in [2.24, 2.45) is 5.92 Å². The van der Waals surface area contributed by atoms with Crippen molar-refractivity contribution in [3.05, 3.63) is 47.7 Å².